The minimum atomic E-state index is 0.835. The summed E-state index contributed by atoms with van der Waals surface area (Å²) in [7, 11) is 0. The van der Waals surface area contributed by atoms with Crippen LogP contribution < -0.4 is 0 Å². The third-order valence-electron chi connectivity index (χ3n) is 11.1. The second-order valence-corrected chi connectivity index (χ2v) is 15.3. The van der Waals surface area contributed by atoms with Gasteiger partial charge in [0.15, 0.2) is 5.82 Å². The molecule has 53 heavy (non-hydrogen) atoms. The number of benzene rings is 9. The molecule has 0 saturated carbocycles. The van der Waals surface area contributed by atoms with Crippen molar-refractivity contribution in [2.75, 3.05) is 0 Å². The number of aryl methyl sites for hydroxylation is 1. The molecule has 12 rings (SSSR count). The maximum Gasteiger partial charge on any atom is 0.165 e. The summed E-state index contributed by atoms with van der Waals surface area (Å²) in [5.74, 6) is 0.835. The molecule has 3 aromatic heterocycles. The van der Waals surface area contributed by atoms with Crippen LogP contribution in [0.1, 0.15) is 5.56 Å². The van der Waals surface area contributed by atoms with Crippen LogP contribution in [0.3, 0.4) is 0 Å². The SMILES string of the molecule is Cc1ccc2nc(-n3c4ccccc4c4c5c6cc7ccccc7cc6sc5c5ccccc5c43)c(-c3ccc4c(ccc5ccccc54)c3)nc2c1. The first kappa shape index (κ1) is 29.0. The lowest BCUT2D eigenvalue weighted by Gasteiger charge is -2.16. The van der Waals surface area contributed by atoms with E-state index in [4.69, 9.17) is 9.97 Å². The molecule has 0 aliphatic rings. The molecule has 0 aliphatic heterocycles. The van der Waals surface area contributed by atoms with Gasteiger partial charge in [0.25, 0.3) is 0 Å². The lowest BCUT2D eigenvalue weighted by molar-refractivity contribution is 1.08. The van der Waals surface area contributed by atoms with Crippen LogP contribution in [0, 0.1) is 6.92 Å². The van der Waals surface area contributed by atoms with E-state index in [0.717, 1.165) is 44.7 Å². The fourth-order valence-electron chi connectivity index (χ4n) is 8.74. The third kappa shape index (κ3) is 4.10. The Morgan fingerprint density at radius 1 is 0.472 bits per heavy atom. The Morgan fingerprint density at radius 3 is 2.04 bits per heavy atom. The smallest absolute Gasteiger partial charge is 0.165 e. The number of hydrogen-bond acceptors (Lipinski definition) is 3. The van der Waals surface area contributed by atoms with Gasteiger partial charge in [0.05, 0.1) is 22.1 Å². The van der Waals surface area contributed by atoms with Gasteiger partial charge in [-0.2, -0.15) is 0 Å². The van der Waals surface area contributed by atoms with Crippen molar-refractivity contribution in [1.29, 1.82) is 0 Å². The van der Waals surface area contributed by atoms with Crippen LogP contribution in [0.5, 0.6) is 0 Å². The highest BCUT2D eigenvalue weighted by molar-refractivity contribution is 7.27. The van der Waals surface area contributed by atoms with E-state index in [1.54, 1.807) is 0 Å². The van der Waals surface area contributed by atoms with E-state index in [1.165, 1.54) is 74.0 Å². The Kier molecular flexibility index (Phi) is 5.86. The standard InChI is InChI=1S/C49H29N3S/c1-28-18-23-40-41(24-28)50-46(33-21-22-35-32(25-33)20-19-29-10-4-5-13-34(29)35)49(51-40)52-42-17-9-8-16-38(42)44-45-39-26-30-11-2-3-12-31(30)27-43(39)53-48(45)37-15-7-6-14-36(37)47(44)52/h2-27H,1H3. The maximum absolute atomic E-state index is 5.55. The van der Waals surface area contributed by atoms with E-state index < -0.39 is 0 Å². The molecule has 3 nitrogen and oxygen atoms in total. The predicted octanol–water partition coefficient (Wildman–Crippen LogP) is 13.7. The van der Waals surface area contributed by atoms with Crippen LogP contribution in [0.2, 0.25) is 0 Å². The third-order valence-corrected chi connectivity index (χ3v) is 12.3. The van der Waals surface area contributed by atoms with Gasteiger partial charge >= 0.3 is 0 Å². The second-order valence-electron chi connectivity index (χ2n) is 14.2. The summed E-state index contributed by atoms with van der Waals surface area (Å²) < 4.78 is 5.03. The van der Waals surface area contributed by atoms with E-state index in [2.05, 4.69) is 169 Å². The molecule has 0 unspecified atom stereocenters. The highest BCUT2D eigenvalue weighted by Gasteiger charge is 2.25. The number of aromatic nitrogens is 3. The predicted molar refractivity (Wildman–Crippen MR) is 227 cm³/mol. The summed E-state index contributed by atoms with van der Waals surface area (Å²) in [6.45, 7) is 2.12. The highest BCUT2D eigenvalue weighted by atomic mass is 32.1. The largest absolute Gasteiger partial charge is 0.291 e. The van der Waals surface area contributed by atoms with Crippen molar-refractivity contribution >= 4 is 107 Å². The van der Waals surface area contributed by atoms with Crippen molar-refractivity contribution in [3.05, 3.63) is 163 Å². The first-order valence-corrected chi connectivity index (χ1v) is 18.9. The van der Waals surface area contributed by atoms with Gasteiger partial charge in [-0.25, -0.2) is 9.97 Å². The molecule has 0 bridgehead atoms. The fourth-order valence-corrected chi connectivity index (χ4v) is 10.0. The summed E-state index contributed by atoms with van der Waals surface area (Å²) in [4.78, 5) is 11.0. The van der Waals surface area contributed by atoms with Gasteiger partial charge in [-0.3, -0.25) is 4.57 Å². The Balaban J connectivity index is 1.27. The highest BCUT2D eigenvalue weighted by Crippen LogP contribution is 2.49. The zero-order chi connectivity index (χ0) is 34.8. The summed E-state index contributed by atoms with van der Waals surface area (Å²) in [5.41, 5.74) is 7.13. The summed E-state index contributed by atoms with van der Waals surface area (Å²) in [6.07, 6.45) is 0. The molecular formula is C49H29N3S. The van der Waals surface area contributed by atoms with E-state index in [1.807, 2.05) is 11.3 Å². The average Bonchev–Trinajstić information content (AvgIpc) is 3.75. The normalized spacial score (nSPS) is 12.2. The van der Waals surface area contributed by atoms with Crippen LogP contribution >= 0.6 is 11.3 Å². The molecule has 9 aromatic carbocycles. The molecule has 3 heterocycles. The van der Waals surface area contributed by atoms with Crippen molar-refractivity contribution < 1.29 is 0 Å². The maximum atomic E-state index is 5.55. The zero-order valence-corrected chi connectivity index (χ0v) is 29.6. The molecule has 0 amide bonds. The van der Waals surface area contributed by atoms with Gasteiger partial charge in [-0.15, -0.1) is 11.3 Å². The Hall–Kier alpha value is -6.62. The van der Waals surface area contributed by atoms with Gasteiger partial charge < -0.3 is 0 Å². The molecule has 0 aliphatic carbocycles. The zero-order valence-electron chi connectivity index (χ0n) is 28.8. The van der Waals surface area contributed by atoms with E-state index in [-0.39, 0.29) is 0 Å². The number of rotatable bonds is 2. The second kappa shape index (κ2) is 10.7. The van der Waals surface area contributed by atoms with Crippen molar-refractivity contribution in [2.45, 2.75) is 6.92 Å². The monoisotopic (exact) mass is 691 g/mol. The quantitative estimate of drug-likeness (QED) is 0.169. The number of fused-ring (bicyclic) bond motifs is 15. The van der Waals surface area contributed by atoms with Crippen molar-refractivity contribution in [1.82, 2.24) is 14.5 Å². The minimum Gasteiger partial charge on any atom is -0.291 e. The molecule has 0 N–H and O–H groups in total. The first-order chi connectivity index (χ1) is 26.2. The van der Waals surface area contributed by atoms with E-state index in [9.17, 15) is 0 Å². The van der Waals surface area contributed by atoms with Crippen LogP contribution in [0.4, 0.5) is 0 Å². The van der Waals surface area contributed by atoms with Crippen molar-refractivity contribution in [3.63, 3.8) is 0 Å². The Bertz CT molecular complexity index is 3530. The van der Waals surface area contributed by atoms with Crippen LogP contribution in [-0.4, -0.2) is 14.5 Å². The first-order valence-electron chi connectivity index (χ1n) is 18.1. The molecule has 0 fully saturated rings. The van der Waals surface area contributed by atoms with Gasteiger partial charge in [-0.05, 0) is 81.2 Å². The lowest BCUT2D eigenvalue weighted by atomic mass is 9.98. The molecule has 12 aromatic rings. The van der Waals surface area contributed by atoms with Gasteiger partial charge in [-0.1, -0.05) is 121 Å². The number of para-hydroxylation sites is 1. The number of nitrogens with zero attached hydrogens (tertiary/aromatic N) is 3. The van der Waals surface area contributed by atoms with E-state index >= 15 is 0 Å². The summed E-state index contributed by atoms with van der Waals surface area (Å²) in [6, 6.07) is 57.5. The number of thiophene rings is 1. The van der Waals surface area contributed by atoms with Gasteiger partial charge in [0.2, 0.25) is 0 Å². The molecular weight excluding hydrogens is 663 g/mol. The van der Waals surface area contributed by atoms with Crippen molar-refractivity contribution in [3.8, 4) is 17.1 Å². The Morgan fingerprint density at radius 2 is 1.17 bits per heavy atom. The van der Waals surface area contributed by atoms with Crippen molar-refractivity contribution in [2.24, 2.45) is 0 Å². The lowest BCUT2D eigenvalue weighted by Crippen LogP contribution is -2.04. The van der Waals surface area contributed by atoms with Crippen LogP contribution in [0.25, 0.3) is 113 Å². The molecule has 246 valence electrons. The molecule has 4 heteroatoms. The van der Waals surface area contributed by atoms with Gasteiger partial charge in [0.1, 0.15) is 5.69 Å². The van der Waals surface area contributed by atoms with Gasteiger partial charge in [0, 0.05) is 47.3 Å². The molecule has 0 spiro atoms. The molecule has 0 atom stereocenters. The summed E-state index contributed by atoms with van der Waals surface area (Å²) in [5, 5.41) is 15.0. The summed E-state index contributed by atoms with van der Waals surface area (Å²) >= 11 is 1.90. The number of hydrogen-bond donors (Lipinski definition) is 0. The average molecular weight is 692 g/mol. The molecule has 0 saturated heterocycles. The topological polar surface area (TPSA) is 30.7 Å². The van der Waals surface area contributed by atoms with Crippen LogP contribution in [0.15, 0.2) is 158 Å². The van der Waals surface area contributed by atoms with E-state index in [0.29, 0.717) is 0 Å². The van der Waals surface area contributed by atoms with Crippen LogP contribution in [-0.2, 0) is 0 Å². The minimum absolute atomic E-state index is 0.835. The fraction of sp³-hybridized carbons (Fsp3) is 0.0204. The Labute approximate surface area is 308 Å². The molecule has 0 radical (unpaired) electrons.